The summed E-state index contributed by atoms with van der Waals surface area (Å²) in [6.45, 7) is 0.487. The lowest BCUT2D eigenvalue weighted by Crippen LogP contribution is -2.24. The largest absolute Gasteiger partial charge is 0.497 e. The Labute approximate surface area is 106 Å². The first-order valence-electron chi connectivity index (χ1n) is 5.73. The van der Waals surface area contributed by atoms with Crippen LogP contribution in [0.2, 0.25) is 0 Å². The van der Waals surface area contributed by atoms with E-state index >= 15 is 0 Å². The third-order valence-electron chi connectivity index (χ3n) is 2.76. The number of aromatic nitrogens is 1. The van der Waals surface area contributed by atoms with Crippen molar-refractivity contribution in [3.05, 3.63) is 53.9 Å². The van der Waals surface area contributed by atoms with Crippen LogP contribution in [-0.4, -0.2) is 17.6 Å². The molecule has 2 rings (SSSR count). The van der Waals surface area contributed by atoms with Gasteiger partial charge in [-0.3, -0.25) is 4.79 Å². The van der Waals surface area contributed by atoms with Crippen LogP contribution in [0.15, 0.2) is 42.6 Å². The van der Waals surface area contributed by atoms with Crippen LogP contribution in [0.1, 0.15) is 16.1 Å². The van der Waals surface area contributed by atoms with Crippen LogP contribution in [0.3, 0.4) is 0 Å². The van der Waals surface area contributed by atoms with E-state index in [1.807, 2.05) is 43.6 Å². The molecule has 0 aliphatic heterocycles. The molecule has 1 aromatic carbocycles. The SMILES string of the molecule is COc1cccc(CNC(=O)c2cccn2C)c1. The highest BCUT2D eigenvalue weighted by Crippen LogP contribution is 2.12. The topological polar surface area (TPSA) is 43.3 Å². The third-order valence-corrected chi connectivity index (χ3v) is 2.76. The third kappa shape index (κ3) is 2.71. The molecule has 0 saturated heterocycles. The molecule has 0 bridgehead atoms. The molecule has 1 N–H and O–H groups in total. The van der Waals surface area contributed by atoms with Gasteiger partial charge in [-0.15, -0.1) is 0 Å². The molecule has 0 unspecified atom stereocenters. The number of hydrogen-bond donors (Lipinski definition) is 1. The zero-order valence-electron chi connectivity index (χ0n) is 10.5. The summed E-state index contributed by atoms with van der Waals surface area (Å²) in [6.07, 6.45) is 1.85. The Kier molecular flexibility index (Phi) is 3.67. The number of benzene rings is 1. The van der Waals surface area contributed by atoms with Crippen LogP contribution in [-0.2, 0) is 13.6 Å². The maximum Gasteiger partial charge on any atom is 0.268 e. The molecule has 94 valence electrons. The van der Waals surface area contributed by atoms with Gasteiger partial charge in [-0.25, -0.2) is 0 Å². The van der Waals surface area contributed by atoms with Crippen molar-refractivity contribution in [1.29, 1.82) is 0 Å². The Morgan fingerprint density at radius 2 is 2.17 bits per heavy atom. The van der Waals surface area contributed by atoms with Gasteiger partial charge in [0.25, 0.3) is 5.91 Å². The Balaban J connectivity index is 1.99. The molecule has 0 saturated carbocycles. The quantitative estimate of drug-likeness (QED) is 0.893. The summed E-state index contributed by atoms with van der Waals surface area (Å²) in [6, 6.07) is 11.3. The number of ether oxygens (including phenoxy) is 1. The molecule has 1 amide bonds. The van der Waals surface area contributed by atoms with Crippen LogP contribution in [0.5, 0.6) is 5.75 Å². The summed E-state index contributed by atoms with van der Waals surface area (Å²) in [4.78, 5) is 11.9. The first-order valence-corrected chi connectivity index (χ1v) is 5.73. The molecule has 0 aliphatic rings. The molecule has 2 aromatic rings. The van der Waals surface area contributed by atoms with Crippen molar-refractivity contribution in [2.75, 3.05) is 7.11 Å². The van der Waals surface area contributed by atoms with Gasteiger partial charge in [0.05, 0.1) is 7.11 Å². The minimum atomic E-state index is -0.0784. The number of hydrogen-bond acceptors (Lipinski definition) is 2. The molecule has 4 nitrogen and oxygen atoms in total. The molecule has 4 heteroatoms. The molecule has 0 spiro atoms. The summed E-state index contributed by atoms with van der Waals surface area (Å²) in [5.74, 6) is 0.714. The fourth-order valence-corrected chi connectivity index (χ4v) is 1.75. The van der Waals surface area contributed by atoms with Gasteiger partial charge in [0.2, 0.25) is 0 Å². The second-order valence-corrected chi connectivity index (χ2v) is 4.04. The minimum Gasteiger partial charge on any atom is -0.497 e. The summed E-state index contributed by atoms with van der Waals surface area (Å²) < 4.78 is 6.93. The number of rotatable bonds is 4. The van der Waals surface area contributed by atoms with E-state index in [0.717, 1.165) is 11.3 Å². The van der Waals surface area contributed by atoms with E-state index in [4.69, 9.17) is 4.74 Å². The van der Waals surface area contributed by atoms with Crippen molar-refractivity contribution in [3.8, 4) is 5.75 Å². The highest BCUT2D eigenvalue weighted by molar-refractivity contribution is 5.92. The van der Waals surface area contributed by atoms with Gasteiger partial charge in [-0.2, -0.15) is 0 Å². The highest BCUT2D eigenvalue weighted by Gasteiger charge is 2.07. The maximum absolute atomic E-state index is 11.9. The molecule has 0 fully saturated rings. The zero-order chi connectivity index (χ0) is 13.0. The van der Waals surface area contributed by atoms with Crippen molar-refractivity contribution in [3.63, 3.8) is 0 Å². The number of nitrogens with one attached hydrogen (secondary N) is 1. The Morgan fingerprint density at radius 1 is 1.33 bits per heavy atom. The van der Waals surface area contributed by atoms with Crippen LogP contribution in [0.4, 0.5) is 0 Å². The van der Waals surface area contributed by atoms with Crippen molar-refractivity contribution < 1.29 is 9.53 Å². The number of amides is 1. The van der Waals surface area contributed by atoms with E-state index in [2.05, 4.69) is 5.32 Å². The van der Waals surface area contributed by atoms with E-state index < -0.39 is 0 Å². The predicted molar refractivity (Wildman–Crippen MR) is 69.6 cm³/mol. The molecule has 0 aliphatic carbocycles. The maximum atomic E-state index is 11.9. The first kappa shape index (κ1) is 12.2. The van der Waals surface area contributed by atoms with E-state index in [9.17, 15) is 4.79 Å². The van der Waals surface area contributed by atoms with Crippen LogP contribution in [0.25, 0.3) is 0 Å². The highest BCUT2D eigenvalue weighted by atomic mass is 16.5. The van der Waals surface area contributed by atoms with Crippen molar-refractivity contribution in [2.45, 2.75) is 6.54 Å². The molecule has 0 atom stereocenters. The second kappa shape index (κ2) is 5.40. The summed E-state index contributed by atoms with van der Waals surface area (Å²) in [7, 11) is 3.47. The van der Waals surface area contributed by atoms with Crippen LogP contribution in [0, 0.1) is 0 Å². The monoisotopic (exact) mass is 244 g/mol. The Morgan fingerprint density at radius 3 is 2.83 bits per heavy atom. The molecular formula is C14H16N2O2. The van der Waals surface area contributed by atoms with Crippen molar-refractivity contribution >= 4 is 5.91 Å². The number of nitrogens with zero attached hydrogens (tertiary/aromatic N) is 1. The number of methoxy groups -OCH3 is 1. The summed E-state index contributed by atoms with van der Waals surface area (Å²) >= 11 is 0. The minimum absolute atomic E-state index is 0.0784. The fourth-order valence-electron chi connectivity index (χ4n) is 1.75. The summed E-state index contributed by atoms with van der Waals surface area (Å²) in [5, 5.41) is 2.88. The number of aryl methyl sites for hydroxylation is 1. The van der Waals surface area contributed by atoms with E-state index in [1.54, 1.807) is 17.7 Å². The van der Waals surface area contributed by atoms with E-state index in [1.165, 1.54) is 0 Å². The average Bonchev–Trinajstić information content (AvgIpc) is 2.82. The molecule has 1 heterocycles. The van der Waals surface area contributed by atoms with Gasteiger partial charge >= 0.3 is 0 Å². The molecule has 18 heavy (non-hydrogen) atoms. The lowest BCUT2D eigenvalue weighted by atomic mass is 10.2. The van der Waals surface area contributed by atoms with Gasteiger partial charge in [0.1, 0.15) is 11.4 Å². The Bertz CT molecular complexity index is 546. The Hall–Kier alpha value is -2.23. The normalized spacial score (nSPS) is 10.1. The standard InChI is InChI=1S/C14H16N2O2/c1-16-8-4-7-13(16)14(17)15-10-11-5-3-6-12(9-11)18-2/h3-9H,10H2,1-2H3,(H,15,17). The van der Waals surface area contributed by atoms with E-state index in [-0.39, 0.29) is 5.91 Å². The lowest BCUT2D eigenvalue weighted by molar-refractivity contribution is 0.0943. The van der Waals surface area contributed by atoms with Crippen molar-refractivity contribution in [2.24, 2.45) is 7.05 Å². The smallest absolute Gasteiger partial charge is 0.268 e. The predicted octanol–water partition coefficient (Wildman–Crippen LogP) is 1.96. The van der Waals surface area contributed by atoms with E-state index in [0.29, 0.717) is 12.2 Å². The molecule has 1 aromatic heterocycles. The van der Waals surface area contributed by atoms with Gasteiger partial charge in [-0.1, -0.05) is 12.1 Å². The van der Waals surface area contributed by atoms with Gasteiger partial charge in [-0.05, 0) is 29.8 Å². The van der Waals surface area contributed by atoms with Crippen molar-refractivity contribution in [1.82, 2.24) is 9.88 Å². The fraction of sp³-hybridized carbons (Fsp3) is 0.214. The average molecular weight is 244 g/mol. The zero-order valence-corrected chi connectivity index (χ0v) is 10.5. The van der Waals surface area contributed by atoms with Gasteiger partial charge in [0, 0.05) is 19.8 Å². The number of carbonyl (C=O) groups excluding carboxylic acids is 1. The second-order valence-electron chi connectivity index (χ2n) is 4.04. The molecule has 0 radical (unpaired) electrons. The lowest BCUT2D eigenvalue weighted by Gasteiger charge is -2.07. The molecular weight excluding hydrogens is 228 g/mol. The summed E-state index contributed by atoms with van der Waals surface area (Å²) in [5.41, 5.74) is 1.66. The number of carbonyl (C=O) groups is 1. The first-order chi connectivity index (χ1) is 8.70. The van der Waals surface area contributed by atoms with Gasteiger partial charge in [0.15, 0.2) is 0 Å². The van der Waals surface area contributed by atoms with Gasteiger partial charge < -0.3 is 14.6 Å². The van der Waals surface area contributed by atoms with Crippen LogP contribution < -0.4 is 10.1 Å². The van der Waals surface area contributed by atoms with Crippen LogP contribution >= 0.6 is 0 Å².